The van der Waals surface area contributed by atoms with E-state index in [1.54, 1.807) is 0 Å². The van der Waals surface area contributed by atoms with Crippen molar-refractivity contribution in [2.75, 3.05) is 0 Å². The summed E-state index contributed by atoms with van der Waals surface area (Å²) < 4.78 is 36.0. The molecule has 1 unspecified atom stereocenters. The molecule has 0 saturated heterocycles. The second kappa shape index (κ2) is 7.51. The van der Waals surface area contributed by atoms with Gasteiger partial charge in [0.1, 0.15) is 5.82 Å². The van der Waals surface area contributed by atoms with E-state index in [1.807, 2.05) is 6.92 Å². The second-order valence-electron chi connectivity index (χ2n) is 5.06. The Morgan fingerprint density at radius 3 is 2.57 bits per heavy atom. The Morgan fingerprint density at radius 2 is 2.05 bits per heavy atom. The molecule has 21 heavy (non-hydrogen) atoms. The van der Waals surface area contributed by atoms with Gasteiger partial charge in [-0.05, 0) is 31.5 Å². The molecule has 1 aromatic carbocycles. The summed E-state index contributed by atoms with van der Waals surface area (Å²) in [4.78, 5) is 11.6. The summed E-state index contributed by atoms with van der Waals surface area (Å²) in [5.41, 5.74) is -0.190. The van der Waals surface area contributed by atoms with Crippen molar-refractivity contribution in [2.45, 2.75) is 50.5 Å². The first-order valence-corrected chi connectivity index (χ1v) is 8.43. The van der Waals surface area contributed by atoms with Crippen molar-refractivity contribution in [2.24, 2.45) is 5.14 Å². The number of rotatable bonds is 7. The molecule has 0 bridgehead atoms. The quantitative estimate of drug-likeness (QED) is 0.755. The largest absolute Gasteiger partial charge is 0.349 e. The molecule has 0 saturated carbocycles. The number of hydrogen-bond acceptors (Lipinski definition) is 3. The maximum absolute atomic E-state index is 13.8. The van der Waals surface area contributed by atoms with Crippen molar-refractivity contribution in [1.29, 1.82) is 0 Å². The zero-order chi connectivity index (χ0) is 16.0. The van der Waals surface area contributed by atoms with E-state index in [4.69, 9.17) is 5.14 Å². The SMILES string of the molecule is CCCCCC(C)NC(=O)c1ccc(S(N)(=O)=O)cc1F. The number of halogens is 1. The molecule has 0 radical (unpaired) electrons. The maximum Gasteiger partial charge on any atom is 0.254 e. The Hall–Kier alpha value is -1.47. The van der Waals surface area contributed by atoms with Crippen molar-refractivity contribution in [1.82, 2.24) is 5.32 Å². The minimum Gasteiger partial charge on any atom is -0.349 e. The second-order valence-corrected chi connectivity index (χ2v) is 6.62. The standard InChI is InChI=1S/C14H21FN2O3S/c1-3-4-5-6-10(2)17-14(18)12-8-7-11(9-13(12)15)21(16,19)20/h7-10H,3-6H2,1-2H3,(H,17,18)(H2,16,19,20). The lowest BCUT2D eigenvalue weighted by atomic mass is 10.1. The fourth-order valence-electron chi connectivity index (χ4n) is 1.93. The monoisotopic (exact) mass is 316 g/mol. The van der Waals surface area contributed by atoms with Gasteiger partial charge in [0.05, 0.1) is 10.5 Å². The molecule has 1 amide bonds. The first kappa shape index (κ1) is 17.6. The topological polar surface area (TPSA) is 89.3 Å². The molecule has 0 aliphatic rings. The summed E-state index contributed by atoms with van der Waals surface area (Å²) in [6.45, 7) is 3.94. The minimum absolute atomic E-state index is 0.0682. The van der Waals surface area contributed by atoms with Gasteiger partial charge in [-0.1, -0.05) is 26.2 Å². The lowest BCUT2D eigenvalue weighted by Crippen LogP contribution is -2.33. The van der Waals surface area contributed by atoms with Crippen LogP contribution >= 0.6 is 0 Å². The average Bonchev–Trinajstić information content (AvgIpc) is 2.37. The van der Waals surface area contributed by atoms with E-state index in [0.717, 1.165) is 43.9 Å². The Balaban J connectivity index is 2.75. The van der Waals surface area contributed by atoms with Crippen LogP contribution in [0.15, 0.2) is 23.1 Å². The smallest absolute Gasteiger partial charge is 0.254 e. The predicted octanol–water partition coefficient (Wildman–Crippen LogP) is 2.17. The van der Waals surface area contributed by atoms with Crippen LogP contribution in [0.5, 0.6) is 0 Å². The third kappa shape index (κ3) is 5.43. The normalized spacial score (nSPS) is 13.0. The number of nitrogens with one attached hydrogen (secondary N) is 1. The summed E-state index contributed by atoms with van der Waals surface area (Å²) in [6, 6.07) is 2.94. The van der Waals surface area contributed by atoms with Crippen molar-refractivity contribution in [3.05, 3.63) is 29.6 Å². The van der Waals surface area contributed by atoms with E-state index < -0.39 is 21.7 Å². The van der Waals surface area contributed by atoms with Gasteiger partial charge in [-0.15, -0.1) is 0 Å². The van der Waals surface area contributed by atoms with Crippen molar-refractivity contribution < 1.29 is 17.6 Å². The zero-order valence-corrected chi connectivity index (χ0v) is 13.0. The molecule has 5 nitrogen and oxygen atoms in total. The molecule has 0 aromatic heterocycles. The van der Waals surface area contributed by atoms with Gasteiger partial charge in [-0.25, -0.2) is 17.9 Å². The van der Waals surface area contributed by atoms with Gasteiger partial charge < -0.3 is 5.32 Å². The molecule has 1 rings (SSSR count). The van der Waals surface area contributed by atoms with Gasteiger partial charge in [0.2, 0.25) is 10.0 Å². The van der Waals surface area contributed by atoms with Crippen LogP contribution in [0.25, 0.3) is 0 Å². The molecule has 1 aromatic rings. The van der Waals surface area contributed by atoms with Gasteiger partial charge in [0.15, 0.2) is 0 Å². The molecular formula is C14H21FN2O3S. The van der Waals surface area contributed by atoms with Crippen molar-refractivity contribution >= 4 is 15.9 Å². The highest BCUT2D eigenvalue weighted by Gasteiger charge is 2.17. The van der Waals surface area contributed by atoms with Gasteiger partial charge in [-0.3, -0.25) is 4.79 Å². The molecule has 7 heteroatoms. The van der Waals surface area contributed by atoms with Crippen LogP contribution in [0.1, 0.15) is 49.9 Å². The van der Waals surface area contributed by atoms with Crippen molar-refractivity contribution in [3.63, 3.8) is 0 Å². The van der Waals surface area contributed by atoms with Crippen LogP contribution < -0.4 is 10.5 Å². The number of sulfonamides is 1. The van der Waals surface area contributed by atoms with Crippen LogP contribution in [0, 0.1) is 5.82 Å². The summed E-state index contributed by atoms with van der Waals surface area (Å²) in [5.74, 6) is -1.46. The van der Waals surface area contributed by atoms with Crippen LogP contribution in [0.4, 0.5) is 4.39 Å². The zero-order valence-electron chi connectivity index (χ0n) is 12.2. The highest BCUT2D eigenvalue weighted by Crippen LogP contribution is 2.14. The van der Waals surface area contributed by atoms with Crippen LogP contribution in [0.3, 0.4) is 0 Å². The van der Waals surface area contributed by atoms with Gasteiger partial charge in [0.25, 0.3) is 5.91 Å². The highest BCUT2D eigenvalue weighted by atomic mass is 32.2. The first-order valence-electron chi connectivity index (χ1n) is 6.89. The highest BCUT2D eigenvalue weighted by molar-refractivity contribution is 7.89. The summed E-state index contributed by atoms with van der Waals surface area (Å²) >= 11 is 0. The Labute approximate surface area is 124 Å². The van der Waals surface area contributed by atoms with Gasteiger partial charge in [-0.2, -0.15) is 0 Å². The first-order chi connectivity index (χ1) is 9.75. The molecule has 118 valence electrons. The third-order valence-electron chi connectivity index (χ3n) is 3.13. The molecule has 0 spiro atoms. The van der Waals surface area contributed by atoms with E-state index in [1.165, 1.54) is 0 Å². The molecule has 0 fully saturated rings. The fourth-order valence-corrected chi connectivity index (χ4v) is 2.46. The Kier molecular flexibility index (Phi) is 6.29. The number of unbranched alkanes of at least 4 members (excludes halogenated alkanes) is 2. The van der Waals surface area contributed by atoms with E-state index in [9.17, 15) is 17.6 Å². The van der Waals surface area contributed by atoms with E-state index in [-0.39, 0.29) is 16.5 Å². The number of carbonyl (C=O) groups is 1. The lowest BCUT2D eigenvalue weighted by molar-refractivity contribution is 0.0933. The number of benzene rings is 1. The number of hydrogen-bond donors (Lipinski definition) is 2. The molecule has 0 aliphatic heterocycles. The Morgan fingerprint density at radius 1 is 1.38 bits per heavy atom. The summed E-state index contributed by atoms with van der Waals surface area (Å²) in [6.07, 6.45) is 3.98. The van der Waals surface area contributed by atoms with Crippen molar-refractivity contribution in [3.8, 4) is 0 Å². The summed E-state index contributed by atoms with van der Waals surface area (Å²) in [7, 11) is -3.98. The van der Waals surface area contributed by atoms with E-state index in [2.05, 4.69) is 12.2 Å². The molecule has 1 atom stereocenters. The maximum atomic E-state index is 13.8. The van der Waals surface area contributed by atoms with Crippen LogP contribution in [0.2, 0.25) is 0 Å². The minimum atomic E-state index is -3.98. The lowest BCUT2D eigenvalue weighted by Gasteiger charge is -2.14. The number of amides is 1. The molecule has 3 N–H and O–H groups in total. The van der Waals surface area contributed by atoms with Gasteiger partial charge >= 0.3 is 0 Å². The summed E-state index contributed by atoms with van der Waals surface area (Å²) in [5, 5.41) is 7.60. The number of primary sulfonamides is 1. The molecular weight excluding hydrogens is 295 g/mol. The van der Waals surface area contributed by atoms with Crippen LogP contribution in [-0.4, -0.2) is 20.4 Å². The predicted molar refractivity (Wildman–Crippen MR) is 78.8 cm³/mol. The third-order valence-corrected chi connectivity index (χ3v) is 4.04. The van der Waals surface area contributed by atoms with E-state index >= 15 is 0 Å². The van der Waals surface area contributed by atoms with Crippen LogP contribution in [-0.2, 0) is 10.0 Å². The van der Waals surface area contributed by atoms with E-state index in [0.29, 0.717) is 0 Å². The molecule has 0 aliphatic carbocycles. The average molecular weight is 316 g/mol. The number of nitrogens with two attached hydrogens (primary N) is 1. The van der Waals surface area contributed by atoms with Gasteiger partial charge in [0, 0.05) is 6.04 Å². The fraction of sp³-hybridized carbons (Fsp3) is 0.500. The molecule has 0 heterocycles. The Bertz CT molecular complexity index is 602. The number of carbonyl (C=O) groups excluding carboxylic acids is 1.